The summed E-state index contributed by atoms with van der Waals surface area (Å²) in [6.07, 6.45) is 3.75. The van der Waals surface area contributed by atoms with E-state index in [4.69, 9.17) is 0 Å². The molecule has 3 nitrogen and oxygen atoms in total. The van der Waals surface area contributed by atoms with Crippen molar-refractivity contribution in [2.45, 2.75) is 5.16 Å². The van der Waals surface area contributed by atoms with Crippen molar-refractivity contribution in [1.29, 1.82) is 0 Å². The molecule has 0 atom stereocenters. The highest BCUT2D eigenvalue weighted by molar-refractivity contribution is 7.98. The Morgan fingerprint density at radius 2 is 2.13 bits per heavy atom. The van der Waals surface area contributed by atoms with E-state index in [-0.39, 0.29) is 0 Å². The Hall–Kier alpha value is -1.20. The first-order chi connectivity index (χ1) is 7.38. The monoisotopic (exact) mass is 235 g/mol. The molecule has 0 unspecified atom stereocenters. The minimum Gasteiger partial charge on any atom is -0.226 e. The van der Waals surface area contributed by atoms with Crippen LogP contribution in [0.1, 0.15) is 5.56 Å². The minimum atomic E-state index is 0.697. The SMILES string of the molecule is CSc1nsc(N=Cc2ccccc2)n1. The van der Waals surface area contributed by atoms with Crippen LogP contribution < -0.4 is 0 Å². The maximum atomic E-state index is 4.25. The average Bonchev–Trinajstić information content (AvgIpc) is 2.76. The number of aliphatic imine (C=N–C) groups is 1. The summed E-state index contributed by atoms with van der Waals surface area (Å²) in [5.74, 6) is 0. The van der Waals surface area contributed by atoms with Gasteiger partial charge in [-0.15, -0.1) is 0 Å². The summed E-state index contributed by atoms with van der Waals surface area (Å²) in [7, 11) is 0. The zero-order valence-electron chi connectivity index (χ0n) is 8.12. The van der Waals surface area contributed by atoms with Gasteiger partial charge in [0.25, 0.3) is 0 Å². The van der Waals surface area contributed by atoms with Gasteiger partial charge in [0.05, 0.1) is 0 Å². The molecule has 0 fully saturated rings. The number of nitrogens with zero attached hydrogens (tertiary/aromatic N) is 3. The molecule has 0 N–H and O–H groups in total. The van der Waals surface area contributed by atoms with Gasteiger partial charge in [-0.3, -0.25) is 0 Å². The Balaban J connectivity index is 2.11. The van der Waals surface area contributed by atoms with Crippen LogP contribution >= 0.6 is 23.3 Å². The lowest BCUT2D eigenvalue weighted by atomic mass is 10.2. The molecule has 0 aliphatic rings. The van der Waals surface area contributed by atoms with Gasteiger partial charge in [-0.2, -0.15) is 9.36 Å². The molecule has 15 heavy (non-hydrogen) atoms. The van der Waals surface area contributed by atoms with Crippen LogP contribution in [-0.4, -0.2) is 21.8 Å². The van der Waals surface area contributed by atoms with Gasteiger partial charge in [-0.05, 0) is 11.8 Å². The van der Waals surface area contributed by atoms with Gasteiger partial charge in [-0.25, -0.2) is 4.99 Å². The van der Waals surface area contributed by atoms with E-state index in [1.807, 2.05) is 36.6 Å². The molecule has 1 aromatic carbocycles. The molecule has 0 amide bonds. The van der Waals surface area contributed by atoms with Crippen LogP contribution in [-0.2, 0) is 0 Å². The summed E-state index contributed by atoms with van der Waals surface area (Å²) in [6, 6.07) is 9.94. The minimum absolute atomic E-state index is 0.697. The maximum absolute atomic E-state index is 4.25. The van der Waals surface area contributed by atoms with Gasteiger partial charge in [0.2, 0.25) is 10.3 Å². The Labute approximate surface area is 96.5 Å². The number of benzene rings is 1. The van der Waals surface area contributed by atoms with Crippen LogP contribution in [0.3, 0.4) is 0 Å². The molecule has 0 bridgehead atoms. The van der Waals surface area contributed by atoms with E-state index in [1.54, 1.807) is 6.21 Å². The van der Waals surface area contributed by atoms with Crippen molar-refractivity contribution >= 4 is 34.6 Å². The number of rotatable bonds is 3. The highest BCUT2D eigenvalue weighted by atomic mass is 32.2. The summed E-state index contributed by atoms with van der Waals surface area (Å²) in [6.45, 7) is 0. The van der Waals surface area contributed by atoms with Gasteiger partial charge >= 0.3 is 0 Å². The van der Waals surface area contributed by atoms with Gasteiger partial charge in [-0.1, -0.05) is 42.1 Å². The van der Waals surface area contributed by atoms with Crippen molar-refractivity contribution in [3.8, 4) is 0 Å². The fourth-order valence-corrected chi connectivity index (χ4v) is 2.08. The number of hydrogen-bond donors (Lipinski definition) is 0. The third-order valence-electron chi connectivity index (χ3n) is 1.70. The lowest BCUT2D eigenvalue weighted by molar-refractivity contribution is 1.08. The van der Waals surface area contributed by atoms with Gasteiger partial charge in [0, 0.05) is 17.7 Å². The molecule has 0 saturated carbocycles. The van der Waals surface area contributed by atoms with Crippen LogP contribution in [0.25, 0.3) is 0 Å². The van der Waals surface area contributed by atoms with Crippen molar-refractivity contribution in [3.05, 3.63) is 35.9 Å². The maximum Gasteiger partial charge on any atom is 0.229 e. The van der Waals surface area contributed by atoms with E-state index in [2.05, 4.69) is 14.3 Å². The van der Waals surface area contributed by atoms with Crippen LogP contribution in [0.2, 0.25) is 0 Å². The molecule has 0 aliphatic heterocycles. The zero-order valence-corrected chi connectivity index (χ0v) is 9.76. The Morgan fingerprint density at radius 1 is 1.33 bits per heavy atom. The van der Waals surface area contributed by atoms with Crippen molar-refractivity contribution in [2.24, 2.45) is 4.99 Å². The van der Waals surface area contributed by atoms with E-state index in [9.17, 15) is 0 Å². The lowest BCUT2D eigenvalue weighted by Crippen LogP contribution is -1.77. The van der Waals surface area contributed by atoms with Crippen molar-refractivity contribution in [2.75, 3.05) is 6.26 Å². The first-order valence-corrected chi connectivity index (χ1v) is 6.35. The lowest BCUT2D eigenvalue weighted by Gasteiger charge is -1.88. The summed E-state index contributed by atoms with van der Waals surface area (Å²) in [5, 5.41) is 1.48. The highest BCUT2D eigenvalue weighted by Gasteiger charge is 1.99. The normalized spacial score (nSPS) is 11.0. The smallest absolute Gasteiger partial charge is 0.226 e. The fourth-order valence-electron chi connectivity index (χ4n) is 1.01. The largest absolute Gasteiger partial charge is 0.229 e. The van der Waals surface area contributed by atoms with E-state index in [1.165, 1.54) is 23.3 Å². The van der Waals surface area contributed by atoms with Crippen LogP contribution in [0, 0.1) is 0 Å². The Morgan fingerprint density at radius 3 is 2.80 bits per heavy atom. The predicted molar refractivity (Wildman–Crippen MR) is 65.4 cm³/mol. The third kappa shape index (κ3) is 2.87. The third-order valence-corrected chi connectivity index (χ3v) is 2.99. The van der Waals surface area contributed by atoms with Gasteiger partial charge in [0.1, 0.15) is 0 Å². The number of aromatic nitrogens is 2. The number of hydrogen-bond acceptors (Lipinski definition) is 5. The first kappa shape index (κ1) is 10.3. The molecular formula is C10H9N3S2. The van der Waals surface area contributed by atoms with E-state index < -0.39 is 0 Å². The zero-order chi connectivity index (χ0) is 10.5. The topological polar surface area (TPSA) is 38.1 Å². The van der Waals surface area contributed by atoms with Crippen molar-refractivity contribution in [3.63, 3.8) is 0 Å². The molecule has 2 rings (SSSR count). The van der Waals surface area contributed by atoms with Crippen LogP contribution in [0.5, 0.6) is 0 Å². The molecule has 5 heteroatoms. The standard InChI is InChI=1S/C10H9N3S2/c1-14-10-12-9(15-13-10)11-7-8-5-3-2-4-6-8/h2-7H,1H3. The molecule has 0 spiro atoms. The molecular weight excluding hydrogens is 226 g/mol. The predicted octanol–water partition coefficient (Wildman–Crippen LogP) is 3.01. The second kappa shape index (κ2) is 5.04. The van der Waals surface area contributed by atoms with E-state index in [0.717, 1.165) is 10.7 Å². The van der Waals surface area contributed by atoms with Crippen molar-refractivity contribution < 1.29 is 0 Å². The fraction of sp³-hybridized carbons (Fsp3) is 0.100. The molecule has 0 saturated heterocycles. The molecule has 1 aromatic heterocycles. The molecule has 1 heterocycles. The first-order valence-electron chi connectivity index (χ1n) is 4.35. The summed E-state index contributed by atoms with van der Waals surface area (Å²) >= 11 is 2.84. The van der Waals surface area contributed by atoms with Crippen molar-refractivity contribution in [1.82, 2.24) is 9.36 Å². The summed E-state index contributed by atoms with van der Waals surface area (Å²) < 4.78 is 4.13. The van der Waals surface area contributed by atoms with Crippen LogP contribution in [0.15, 0.2) is 40.5 Å². The Bertz CT molecular complexity index is 451. The second-order valence-electron chi connectivity index (χ2n) is 2.73. The summed E-state index contributed by atoms with van der Waals surface area (Å²) in [5.41, 5.74) is 1.07. The highest BCUT2D eigenvalue weighted by Crippen LogP contribution is 2.19. The molecule has 76 valence electrons. The van der Waals surface area contributed by atoms with Gasteiger partial charge < -0.3 is 0 Å². The van der Waals surface area contributed by atoms with Gasteiger partial charge in [0.15, 0.2) is 0 Å². The quantitative estimate of drug-likeness (QED) is 0.606. The second-order valence-corrected chi connectivity index (χ2v) is 4.24. The van der Waals surface area contributed by atoms with Crippen LogP contribution in [0.4, 0.5) is 5.13 Å². The summed E-state index contributed by atoms with van der Waals surface area (Å²) in [4.78, 5) is 8.47. The molecule has 2 aromatic rings. The van der Waals surface area contributed by atoms with E-state index >= 15 is 0 Å². The average molecular weight is 235 g/mol. The Kier molecular flexibility index (Phi) is 3.47. The molecule has 0 radical (unpaired) electrons. The molecule has 0 aliphatic carbocycles. The van der Waals surface area contributed by atoms with E-state index in [0.29, 0.717) is 5.13 Å². The number of thioether (sulfide) groups is 1.